The minimum atomic E-state index is -4.37. The molecular weight excluding hydrogens is 389 g/mol. The molecule has 0 amide bonds. The Labute approximate surface area is 123 Å². The smallest absolute Gasteiger partial charge is 0.347 e. The largest absolute Gasteiger partial charge is 0.416 e. The Morgan fingerprint density at radius 1 is 1.11 bits per heavy atom. The van der Waals surface area contributed by atoms with Crippen molar-refractivity contribution in [3.05, 3.63) is 44.5 Å². The molecule has 2 nitrogen and oxygen atoms in total. The molecule has 0 radical (unpaired) electrons. The summed E-state index contributed by atoms with van der Waals surface area (Å²) in [6.45, 7) is 0. The number of H-pyrrole nitrogens is 1. The van der Waals surface area contributed by atoms with Crippen LogP contribution in [0.4, 0.5) is 13.2 Å². The zero-order valence-electron chi connectivity index (χ0n) is 9.15. The van der Waals surface area contributed by atoms with Gasteiger partial charge < -0.3 is 4.98 Å². The monoisotopic (exact) mass is 392 g/mol. The van der Waals surface area contributed by atoms with Crippen LogP contribution in [0.5, 0.6) is 0 Å². The van der Waals surface area contributed by atoms with E-state index in [1.165, 1.54) is 12.1 Å². The van der Waals surface area contributed by atoms with Crippen molar-refractivity contribution in [2.45, 2.75) is 6.18 Å². The highest BCUT2D eigenvalue weighted by Gasteiger charge is 2.30. The van der Waals surface area contributed by atoms with E-state index in [1.54, 1.807) is 0 Å². The molecule has 1 heterocycles. The first-order chi connectivity index (χ1) is 8.84. The SMILES string of the molecule is N#Cc1c(-c2ccc(C(F)(F)F)cc2)[nH]c(Br)c1Br. The lowest BCUT2D eigenvalue weighted by Crippen LogP contribution is -2.04. The van der Waals surface area contributed by atoms with Gasteiger partial charge in [-0.15, -0.1) is 0 Å². The molecule has 2 aromatic rings. The molecule has 0 spiro atoms. The van der Waals surface area contributed by atoms with Crippen molar-refractivity contribution in [3.8, 4) is 17.3 Å². The average Bonchev–Trinajstić information content (AvgIpc) is 2.64. The summed E-state index contributed by atoms with van der Waals surface area (Å²) in [6, 6.07) is 6.62. The fourth-order valence-corrected chi connectivity index (χ4v) is 2.38. The Bertz CT molecular complexity index is 651. The average molecular weight is 394 g/mol. The number of nitrogens with one attached hydrogen (secondary N) is 1. The number of nitrogens with zero attached hydrogens (tertiary/aromatic N) is 1. The third-order valence-corrected chi connectivity index (χ3v) is 4.43. The highest BCUT2D eigenvalue weighted by molar-refractivity contribution is 9.13. The van der Waals surface area contributed by atoms with Gasteiger partial charge in [0.15, 0.2) is 0 Å². The molecule has 0 aliphatic carbocycles. The molecule has 1 aromatic heterocycles. The Morgan fingerprint density at radius 2 is 1.68 bits per heavy atom. The van der Waals surface area contributed by atoms with E-state index < -0.39 is 11.7 Å². The number of rotatable bonds is 1. The molecule has 0 aliphatic heterocycles. The van der Waals surface area contributed by atoms with Gasteiger partial charge in [-0.05, 0) is 49.6 Å². The van der Waals surface area contributed by atoms with Crippen LogP contribution in [0.25, 0.3) is 11.3 Å². The van der Waals surface area contributed by atoms with Crippen LogP contribution in [-0.4, -0.2) is 4.98 Å². The van der Waals surface area contributed by atoms with Gasteiger partial charge in [-0.1, -0.05) is 12.1 Å². The van der Waals surface area contributed by atoms with Gasteiger partial charge in [0.1, 0.15) is 6.07 Å². The maximum absolute atomic E-state index is 12.5. The maximum Gasteiger partial charge on any atom is 0.416 e. The second kappa shape index (κ2) is 5.02. The van der Waals surface area contributed by atoms with E-state index in [4.69, 9.17) is 5.26 Å². The number of hydrogen-bond donors (Lipinski definition) is 1. The third-order valence-electron chi connectivity index (χ3n) is 2.51. The molecule has 0 saturated carbocycles. The molecule has 0 aliphatic rings. The number of halogens is 5. The van der Waals surface area contributed by atoms with Gasteiger partial charge in [0, 0.05) is 0 Å². The van der Waals surface area contributed by atoms with Crippen molar-refractivity contribution in [2.75, 3.05) is 0 Å². The number of aromatic amines is 1. The number of aromatic nitrogens is 1. The predicted molar refractivity (Wildman–Crippen MR) is 71.3 cm³/mol. The van der Waals surface area contributed by atoms with Gasteiger partial charge in [-0.3, -0.25) is 0 Å². The fourth-order valence-electron chi connectivity index (χ4n) is 1.59. The summed E-state index contributed by atoms with van der Waals surface area (Å²) >= 11 is 6.44. The normalized spacial score (nSPS) is 11.4. The van der Waals surface area contributed by atoms with Gasteiger partial charge in [0.05, 0.1) is 25.9 Å². The minimum absolute atomic E-state index is 0.339. The molecular formula is C12H5Br2F3N2. The van der Waals surface area contributed by atoms with E-state index in [1.807, 2.05) is 6.07 Å². The summed E-state index contributed by atoms with van der Waals surface area (Å²) in [4.78, 5) is 2.90. The zero-order valence-corrected chi connectivity index (χ0v) is 12.3. The first kappa shape index (κ1) is 14.2. The molecule has 0 fully saturated rings. The Kier molecular flexibility index (Phi) is 3.74. The van der Waals surface area contributed by atoms with Crippen molar-refractivity contribution in [1.82, 2.24) is 4.98 Å². The molecule has 98 valence electrons. The van der Waals surface area contributed by atoms with Crippen molar-refractivity contribution in [1.29, 1.82) is 5.26 Å². The van der Waals surface area contributed by atoms with Crippen LogP contribution in [0.15, 0.2) is 33.3 Å². The Morgan fingerprint density at radius 3 is 2.16 bits per heavy atom. The number of benzene rings is 1. The first-order valence-corrected chi connectivity index (χ1v) is 6.58. The van der Waals surface area contributed by atoms with Crippen LogP contribution < -0.4 is 0 Å². The Hall–Kier alpha value is -1.26. The summed E-state index contributed by atoms with van der Waals surface area (Å²) in [5, 5.41) is 9.06. The van der Waals surface area contributed by atoms with Gasteiger partial charge in [0.2, 0.25) is 0 Å². The lowest BCUT2D eigenvalue weighted by atomic mass is 10.1. The van der Waals surface area contributed by atoms with Crippen molar-refractivity contribution < 1.29 is 13.2 Å². The molecule has 0 saturated heterocycles. The van der Waals surface area contributed by atoms with Crippen LogP contribution in [0.2, 0.25) is 0 Å². The summed E-state index contributed by atoms with van der Waals surface area (Å²) < 4.78 is 38.5. The molecule has 0 unspecified atom stereocenters. The third kappa shape index (κ3) is 2.69. The molecule has 2 rings (SSSR count). The van der Waals surface area contributed by atoms with E-state index in [9.17, 15) is 13.2 Å². The first-order valence-electron chi connectivity index (χ1n) is 4.99. The molecule has 1 N–H and O–H groups in total. The number of nitriles is 1. The quantitative estimate of drug-likeness (QED) is 0.719. The molecule has 7 heteroatoms. The lowest BCUT2D eigenvalue weighted by Gasteiger charge is -2.07. The Balaban J connectivity index is 2.50. The molecule has 19 heavy (non-hydrogen) atoms. The molecule has 1 aromatic carbocycles. The second-order valence-electron chi connectivity index (χ2n) is 3.69. The molecule has 0 atom stereocenters. The van der Waals surface area contributed by atoms with Gasteiger partial charge in [-0.2, -0.15) is 18.4 Å². The standard InChI is InChI=1S/C12H5Br2F3N2/c13-9-8(5-18)10(19-11(9)14)6-1-3-7(4-2-6)12(15,16)17/h1-4,19H. The van der Waals surface area contributed by atoms with Gasteiger partial charge >= 0.3 is 6.18 Å². The van der Waals surface area contributed by atoms with Crippen molar-refractivity contribution in [3.63, 3.8) is 0 Å². The highest BCUT2D eigenvalue weighted by atomic mass is 79.9. The molecule has 0 bridgehead atoms. The van der Waals surface area contributed by atoms with Crippen molar-refractivity contribution >= 4 is 31.9 Å². The minimum Gasteiger partial charge on any atom is -0.347 e. The fraction of sp³-hybridized carbons (Fsp3) is 0.0833. The zero-order chi connectivity index (χ0) is 14.2. The second-order valence-corrected chi connectivity index (χ2v) is 5.28. The van der Waals surface area contributed by atoms with E-state index >= 15 is 0 Å². The predicted octanol–water partition coefficient (Wildman–Crippen LogP) is 5.10. The van der Waals surface area contributed by atoms with Gasteiger partial charge in [-0.25, -0.2) is 0 Å². The van der Waals surface area contributed by atoms with Crippen LogP contribution in [0.1, 0.15) is 11.1 Å². The summed E-state index contributed by atoms with van der Waals surface area (Å²) in [5.41, 5.74) is 0.594. The summed E-state index contributed by atoms with van der Waals surface area (Å²) in [6.07, 6.45) is -4.37. The van der Waals surface area contributed by atoms with Crippen LogP contribution >= 0.6 is 31.9 Å². The van der Waals surface area contributed by atoms with E-state index in [-0.39, 0.29) is 0 Å². The van der Waals surface area contributed by atoms with Crippen LogP contribution in [0, 0.1) is 11.3 Å². The lowest BCUT2D eigenvalue weighted by molar-refractivity contribution is -0.137. The van der Waals surface area contributed by atoms with E-state index in [2.05, 4.69) is 36.8 Å². The highest BCUT2D eigenvalue weighted by Crippen LogP contribution is 2.36. The van der Waals surface area contributed by atoms with Crippen molar-refractivity contribution in [2.24, 2.45) is 0 Å². The van der Waals surface area contributed by atoms with Crippen LogP contribution in [-0.2, 0) is 6.18 Å². The maximum atomic E-state index is 12.5. The van der Waals surface area contributed by atoms with E-state index in [0.29, 0.717) is 25.9 Å². The number of alkyl halides is 3. The van der Waals surface area contributed by atoms with E-state index in [0.717, 1.165) is 12.1 Å². The summed E-state index contributed by atoms with van der Waals surface area (Å²) in [5.74, 6) is 0. The topological polar surface area (TPSA) is 39.6 Å². The number of hydrogen-bond acceptors (Lipinski definition) is 1. The summed E-state index contributed by atoms with van der Waals surface area (Å²) in [7, 11) is 0. The van der Waals surface area contributed by atoms with Gasteiger partial charge in [0.25, 0.3) is 0 Å². The van der Waals surface area contributed by atoms with Crippen LogP contribution in [0.3, 0.4) is 0 Å².